The molecule has 1 aromatic heterocycles. The molecular formula is C16H29N3. The predicted octanol–water partition coefficient (Wildman–Crippen LogP) is 3.39. The van der Waals surface area contributed by atoms with Gasteiger partial charge in [0.2, 0.25) is 0 Å². The molecule has 0 bridgehead atoms. The average molecular weight is 263 g/mol. The highest BCUT2D eigenvalue weighted by Crippen LogP contribution is 2.36. The van der Waals surface area contributed by atoms with E-state index < -0.39 is 0 Å². The lowest BCUT2D eigenvalue weighted by molar-refractivity contribution is 0.181. The Bertz CT molecular complexity index is 433. The van der Waals surface area contributed by atoms with E-state index in [0.717, 1.165) is 24.7 Å². The fourth-order valence-corrected chi connectivity index (χ4v) is 3.62. The highest BCUT2D eigenvalue weighted by Gasteiger charge is 2.32. The van der Waals surface area contributed by atoms with Crippen LogP contribution in [0.3, 0.4) is 0 Å². The highest BCUT2D eigenvalue weighted by molar-refractivity contribution is 5.25. The standard InChI is InChI=1S/C16H29N3/c1-6-14-11(4)18-19(12(14)5)16-9-13(10(2)3)7-8-15(16)17/h10,13,15-16H,6-9,17H2,1-5H3. The molecule has 1 fully saturated rings. The first-order valence-electron chi connectivity index (χ1n) is 7.75. The van der Waals surface area contributed by atoms with Crippen LogP contribution in [0, 0.1) is 25.7 Å². The van der Waals surface area contributed by atoms with E-state index in [2.05, 4.69) is 39.3 Å². The molecule has 1 saturated carbocycles. The Balaban J connectivity index is 2.28. The van der Waals surface area contributed by atoms with Crippen LogP contribution < -0.4 is 5.73 Å². The van der Waals surface area contributed by atoms with Crippen molar-refractivity contribution >= 4 is 0 Å². The smallest absolute Gasteiger partial charge is 0.0676 e. The molecule has 0 radical (unpaired) electrons. The number of nitrogens with two attached hydrogens (primary N) is 1. The van der Waals surface area contributed by atoms with Gasteiger partial charge in [0.1, 0.15) is 0 Å². The molecule has 2 N–H and O–H groups in total. The van der Waals surface area contributed by atoms with Crippen molar-refractivity contribution in [1.82, 2.24) is 9.78 Å². The SMILES string of the molecule is CCc1c(C)nn(C2CC(C(C)C)CCC2N)c1C. The van der Waals surface area contributed by atoms with Crippen LogP contribution >= 0.6 is 0 Å². The van der Waals surface area contributed by atoms with Crippen LogP contribution in [0.1, 0.15) is 63.0 Å². The summed E-state index contributed by atoms with van der Waals surface area (Å²) in [7, 11) is 0. The van der Waals surface area contributed by atoms with Crippen molar-refractivity contribution in [2.45, 2.75) is 72.4 Å². The molecule has 1 aliphatic rings. The number of aryl methyl sites for hydroxylation is 1. The summed E-state index contributed by atoms with van der Waals surface area (Å²) in [5.74, 6) is 1.54. The second-order valence-electron chi connectivity index (χ2n) is 6.50. The summed E-state index contributed by atoms with van der Waals surface area (Å²) in [6.07, 6.45) is 4.65. The normalized spacial score (nSPS) is 28.1. The zero-order valence-electron chi connectivity index (χ0n) is 13.1. The van der Waals surface area contributed by atoms with E-state index in [1.165, 1.54) is 29.8 Å². The third-order valence-electron chi connectivity index (χ3n) is 4.99. The molecule has 3 nitrogen and oxygen atoms in total. The first kappa shape index (κ1) is 14.6. The number of nitrogens with zero attached hydrogens (tertiary/aromatic N) is 2. The number of rotatable bonds is 3. The summed E-state index contributed by atoms with van der Waals surface area (Å²) in [4.78, 5) is 0. The van der Waals surface area contributed by atoms with Crippen LogP contribution in [-0.4, -0.2) is 15.8 Å². The van der Waals surface area contributed by atoms with Crippen LogP contribution in [0.25, 0.3) is 0 Å². The van der Waals surface area contributed by atoms with Crippen LogP contribution in [-0.2, 0) is 6.42 Å². The molecule has 1 aromatic rings. The molecule has 1 aliphatic carbocycles. The van der Waals surface area contributed by atoms with Gasteiger partial charge in [-0.05, 0) is 56.9 Å². The van der Waals surface area contributed by atoms with Gasteiger partial charge in [-0.1, -0.05) is 20.8 Å². The van der Waals surface area contributed by atoms with E-state index in [0.29, 0.717) is 6.04 Å². The second-order valence-corrected chi connectivity index (χ2v) is 6.50. The van der Waals surface area contributed by atoms with Crippen LogP contribution in [0.2, 0.25) is 0 Å². The van der Waals surface area contributed by atoms with E-state index >= 15 is 0 Å². The van der Waals surface area contributed by atoms with Crippen molar-refractivity contribution < 1.29 is 0 Å². The van der Waals surface area contributed by atoms with Gasteiger partial charge in [-0.2, -0.15) is 5.10 Å². The highest BCUT2D eigenvalue weighted by atomic mass is 15.3. The molecule has 19 heavy (non-hydrogen) atoms. The monoisotopic (exact) mass is 263 g/mol. The van der Waals surface area contributed by atoms with Gasteiger partial charge in [-0.3, -0.25) is 4.68 Å². The minimum atomic E-state index is 0.262. The quantitative estimate of drug-likeness (QED) is 0.908. The Morgan fingerprint density at radius 3 is 2.53 bits per heavy atom. The molecular weight excluding hydrogens is 234 g/mol. The lowest BCUT2D eigenvalue weighted by atomic mass is 9.77. The van der Waals surface area contributed by atoms with Gasteiger partial charge in [-0.25, -0.2) is 0 Å². The van der Waals surface area contributed by atoms with Crippen LogP contribution in [0.15, 0.2) is 0 Å². The molecule has 3 heteroatoms. The third kappa shape index (κ3) is 2.71. The molecule has 0 aromatic carbocycles. The minimum absolute atomic E-state index is 0.262. The molecule has 0 aliphatic heterocycles. The summed E-state index contributed by atoms with van der Waals surface area (Å²) in [6, 6.07) is 0.651. The van der Waals surface area contributed by atoms with E-state index in [1.807, 2.05) is 0 Å². The Hall–Kier alpha value is -0.830. The lowest BCUT2D eigenvalue weighted by Crippen LogP contribution is -2.39. The molecule has 0 saturated heterocycles. The average Bonchev–Trinajstić information content (AvgIpc) is 2.64. The molecule has 108 valence electrons. The molecule has 3 atom stereocenters. The van der Waals surface area contributed by atoms with Gasteiger partial charge in [0.05, 0.1) is 11.7 Å². The van der Waals surface area contributed by atoms with Gasteiger partial charge in [0.25, 0.3) is 0 Å². The number of hydrogen-bond donors (Lipinski definition) is 1. The summed E-state index contributed by atoms with van der Waals surface area (Å²) in [6.45, 7) is 11.2. The van der Waals surface area contributed by atoms with Gasteiger partial charge < -0.3 is 5.73 Å². The van der Waals surface area contributed by atoms with Crippen LogP contribution in [0.4, 0.5) is 0 Å². The fraction of sp³-hybridized carbons (Fsp3) is 0.812. The summed E-state index contributed by atoms with van der Waals surface area (Å²) < 4.78 is 2.23. The topological polar surface area (TPSA) is 43.8 Å². The Morgan fingerprint density at radius 2 is 2.00 bits per heavy atom. The largest absolute Gasteiger partial charge is 0.326 e. The Labute approximate surface area is 117 Å². The minimum Gasteiger partial charge on any atom is -0.326 e. The van der Waals surface area contributed by atoms with E-state index in [1.54, 1.807) is 0 Å². The van der Waals surface area contributed by atoms with Crippen molar-refractivity contribution in [3.8, 4) is 0 Å². The first-order chi connectivity index (χ1) is 8.95. The maximum Gasteiger partial charge on any atom is 0.0676 e. The van der Waals surface area contributed by atoms with Crippen molar-refractivity contribution in [2.24, 2.45) is 17.6 Å². The van der Waals surface area contributed by atoms with Gasteiger partial charge in [0, 0.05) is 11.7 Å². The summed E-state index contributed by atoms with van der Waals surface area (Å²) >= 11 is 0. The van der Waals surface area contributed by atoms with Crippen molar-refractivity contribution in [3.05, 3.63) is 17.0 Å². The van der Waals surface area contributed by atoms with E-state index in [4.69, 9.17) is 10.8 Å². The first-order valence-corrected chi connectivity index (χ1v) is 7.75. The van der Waals surface area contributed by atoms with E-state index in [-0.39, 0.29) is 6.04 Å². The van der Waals surface area contributed by atoms with E-state index in [9.17, 15) is 0 Å². The molecule has 1 heterocycles. The van der Waals surface area contributed by atoms with Gasteiger partial charge in [-0.15, -0.1) is 0 Å². The molecule has 0 spiro atoms. The summed E-state index contributed by atoms with van der Waals surface area (Å²) in [5.41, 5.74) is 10.3. The maximum absolute atomic E-state index is 6.38. The fourth-order valence-electron chi connectivity index (χ4n) is 3.62. The van der Waals surface area contributed by atoms with Gasteiger partial charge >= 0.3 is 0 Å². The Morgan fingerprint density at radius 1 is 1.32 bits per heavy atom. The zero-order valence-corrected chi connectivity index (χ0v) is 13.1. The lowest BCUT2D eigenvalue weighted by Gasteiger charge is -2.36. The molecule has 2 rings (SSSR count). The molecule has 3 unspecified atom stereocenters. The zero-order chi connectivity index (χ0) is 14.2. The second kappa shape index (κ2) is 5.66. The maximum atomic E-state index is 6.38. The molecule has 0 amide bonds. The number of aromatic nitrogens is 2. The third-order valence-corrected chi connectivity index (χ3v) is 4.99. The van der Waals surface area contributed by atoms with Gasteiger partial charge in [0.15, 0.2) is 0 Å². The van der Waals surface area contributed by atoms with Crippen molar-refractivity contribution in [3.63, 3.8) is 0 Å². The number of hydrogen-bond acceptors (Lipinski definition) is 2. The van der Waals surface area contributed by atoms with Crippen molar-refractivity contribution in [1.29, 1.82) is 0 Å². The predicted molar refractivity (Wildman–Crippen MR) is 80.3 cm³/mol. The van der Waals surface area contributed by atoms with Crippen LogP contribution in [0.5, 0.6) is 0 Å². The summed E-state index contributed by atoms with van der Waals surface area (Å²) in [5, 5.41) is 4.79. The Kier molecular flexibility index (Phi) is 4.34. The van der Waals surface area contributed by atoms with Crippen molar-refractivity contribution in [2.75, 3.05) is 0 Å².